The number of H-pyrrole nitrogens is 1. The number of amides is 1. The maximum absolute atomic E-state index is 12.8. The first-order valence-electron chi connectivity index (χ1n) is 11.3. The minimum Gasteiger partial charge on any atom is -0.364 e. The SMILES string of the molecule is Cc1nnc(COCC(=O)Nc2cc(-c3[nH]c4c(c3Nc3ccccc3)C(=O)CCC4)ccn2)s1. The van der Waals surface area contributed by atoms with Crippen LogP contribution in [0.3, 0.4) is 0 Å². The van der Waals surface area contributed by atoms with E-state index in [9.17, 15) is 9.59 Å². The number of fused-ring (bicyclic) bond motifs is 1. The Kier molecular flexibility index (Phi) is 6.64. The summed E-state index contributed by atoms with van der Waals surface area (Å²) in [5.74, 6) is 0.199. The number of pyridine rings is 1. The van der Waals surface area contributed by atoms with Gasteiger partial charge in [0, 0.05) is 29.6 Å². The lowest BCUT2D eigenvalue weighted by Gasteiger charge is -2.14. The smallest absolute Gasteiger partial charge is 0.251 e. The number of anilines is 3. The van der Waals surface area contributed by atoms with E-state index < -0.39 is 0 Å². The quantitative estimate of drug-likeness (QED) is 0.330. The van der Waals surface area contributed by atoms with Crippen molar-refractivity contribution in [1.29, 1.82) is 0 Å². The van der Waals surface area contributed by atoms with Crippen molar-refractivity contribution in [3.05, 3.63) is 69.9 Å². The van der Waals surface area contributed by atoms with Gasteiger partial charge in [-0.3, -0.25) is 9.59 Å². The lowest BCUT2D eigenvalue weighted by molar-refractivity contribution is -0.121. The van der Waals surface area contributed by atoms with Crippen LogP contribution in [0.4, 0.5) is 17.2 Å². The maximum Gasteiger partial charge on any atom is 0.251 e. The van der Waals surface area contributed by atoms with Crippen molar-refractivity contribution < 1.29 is 14.3 Å². The van der Waals surface area contributed by atoms with Gasteiger partial charge in [0.25, 0.3) is 5.91 Å². The van der Waals surface area contributed by atoms with Gasteiger partial charge in [-0.2, -0.15) is 0 Å². The Hall–Kier alpha value is -3.89. The molecule has 0 saturated carbocycles. The van der Waals surface area contributed by atoms with Crippen LogP contribution in [0.2, 0.25) is 0 Å². The van der Waals surface area contributed by atoms with Gasteiger partial charge in [-0.25, -0.2) is 4.98 Å². The van der Waals surface area contributed by atoms with Crippen molar-refractivity contribution in [3.8, 4) is 11.3 Å². The normalized spacial score (nSPS) is 12.9. The molecule has 1 aromatic carbocycles. The number of ether oxygens (including phenoxy) is 1. The number of nitrogens with one attached hydrogen (secondary N) is 3. The summed E-state index contributed by atoms with van der Waals surface area (Å²) in [5.41, 5.74) is 4.86. The van der Waals surface area contributed by atoms with E-state index in [4.69, 9.17) is 4.74 Å². The zero-order valence-corrected chi connectivity index (χ0v) is 19.9. The van der Waals surface area contributed by atoms with Crippen LogP contribution < -0.4 is 10.6 Å². The standard InChI is InChI=1S/C25H24N6O3S/c1-15-30-31-22(35-15)14-34-13-21(33)29-20-12-16(10-11-26-20)24-25(27-17-6-3-2-4-7-17)23-18(28-24)8-5-9-19(23)32/h2-4,6-7,10-12,27-28H,5,8-9,13-14H2,1H3,(H,26,29,33). The summed E-state index contributed by atoms with van der Waals surface area (Å²) < 4.78 is 5.45. The van der Waals surface area contributed by atoms with E-state index in [0.29, 0.717) is 17.8 Å². The van der Waals surface area contributed by atoms with E-state index in [0.717, 1.165) is 51.2 Å². The van der Waals surface area contributed by atoms with E-state index in [1.54, 1.807) is 12.3 Å². The summed E-state index contributed by atoms with van der Waals surface area (Å²) in [7, 11) is 0. The summed E-state index contributed by atoms with van der Waals surface area (Å²) in [6.45, 7) is 1.96. The summed E-state index contributed by atoms with van der Waals surface area (Å²) in [6.07, 6.45) is 3.79. The Labute approximate surface area is 206 Å². The molecule has 0 fully saturated rings. The molecule has 0 spiro atoms. The first kappa shape index (κ1) is 22.9. The Morgan fingerprint density at radius 1 is 1.17 bits per heavy atom. The number of rotatable bonds is 8. The van der Waals surface area contributed by atoms with Crippen LogP contribution in [0.25, 0.3) is 11.3 Å². The van der Waals surface area contributed by atoms with Crippen molar-refractivity contribution in [2.75, 3.05) is 17.2 Å². The lowest BCUT2D eigenvalue weighted by atomic mass is 9.95. The molecule has 0 bridgehead atoms. The minimum atomic E-state index is -0.320. The molecule has 9 nitrogen and oxygen atoms in total. The van der Waals surface area contributed by atoms with Crippen LogP contribution in [0.1, 0.15) is 38.9 Å². The molecular weight excluding hydrogens is 464 g/mol. The second kappa shape index (κ2) is 10.2. The number of carbonyl (C=O) groups is 2. The number of aromatic amines is 1. The van der Waals surface area contributed by atoms with Gasteiger partial charge >= 0.3 is 0 Å². The average molecular weight is 489 g/mol. The Morgan fingerprint density at radius 2 is 2.03 bits per heavy atom. The van der Waals surface area contributed by atoms with Crippen molar-refractivity contribution >= 4 is 40.2 Å². The Balaban J connectivity index is 1.35. The van der Waals surface area contributed by atoms with Crippen molar-refractivity contribution in [1.82, 2.24) is 20.2 Å². The van der Waals surface area contributed by atoms with E-state index in [1.807, 2.05) is 43.3 Å². The number of aromatic nitrogens is 4. The van der Waals surface area contributed by atoms with Gasteiger partial charge in [-0.15, -0.1) is 10.2 Å². The second-order valence-corrected chi connectivity index (χ2v) is 9.45. The highest BCUT2D eigenvalue weighted by Crippen LogP contribution is 2.39. The van der Waals surface area contributed by atoms with Gasteiger partial charge in [0.1, 0.15) is 29.0 Å². The largest absolute Gasteiger partial charge is 0.364 e. The van der Waals surface area contributed by atoms with Crippen LogP contribution in [-0.4, -0.2) is 38.5 Å². The topological polar surface area (TPSA) is 122 Å². The van der Waals surface area contributed by atoms with Gasteiger partial charge in [0.15, 0.2) is 5.78 Å². The molecule has 0 aliphatic heterocycles. The fourth-order valence-electron chi connectivity index (χ4n) is 4.07. The van der Waals surface area contributed by atoms with E-state index in [1.165, 1.54) is 11.3 Å². The molecule has 1 amide bonds. The Morgan fingerprint density at radius 3 is 2.83 bits per heavy atom. The number of benzene rings is 1. The van der Waals surface area contributed by atoms with Crippen molar-refractivity contribution in [2.24, 2.45) is 0 Å². The number of aryl methyl sites for hydroxylation is 2. The number of nitrogens with zero attached hydrogens (tertiary/aromatic N) is 3. The van der Waals surface area contributed by atoms with Gasteiger partial charge in [-0.05, 0) is 44.0 Å². The van der Waals surface area contributed by atoms with Crippen LogP contribution >= 0.6 is 11.3 Å². The van der Waals surface area contributed by atoms with Gasteiger partial charge in [-0.1, -0.05) is 29.5 Å². The highest BCUT2D eigenvalue weighted by atomic mass is 32.1. The van der Waals surface area contributed by atoms with Crippen LogP contribution in [-0.2, 0) is 22.6 Å². The maximum atomic E-state index is 12.8. The van der Waals surface area contributed by atoms with Crippen LogP contribution in [0.5, 0.6) is 0 Å². The predicted octanol–water partition coefficient (Wildman–Crippen LogP) is 4.65. The van der Waals surface area contributed by atoms with Gasteiger partial charge in [0.2, 0.25) is 0 Å². The summed E-state index contributed by atoms with van der Waals surface area (Å²) in [4.78, 5) is 32.9. The summed E-state index contributed by atoms with van der Waals surface area (Å²) >= 11 is 1.43. The molecule has 4 aromatic rings. The first-order chi connectivity index (χ1) is 17.1. The zero-order chi connectivity index (χ0) is 24.2. The van der Waals surface area contributed by atoms with Crippen LogP contribution in [0.15, 0.2) is 48.7 Å². The number of hydrogen-bond donors (Lipinski definition) is 3. The molecule has 5 rings (SSSR count). The van der Waals surface area contributed by atoms with Gasteiger partial charge < -0.3 is 20.4 Å². The zero-order valence-electron chi connectivity index (χ0n) is 19.1. The number of Topliss-reactive ketones (excluding diaryl/α,β-unsaturated/α-hetero) is 1. The van der Waals surface area contributed by atoms with E-state index >= 15 is 0 Å². The van der Waals surface area contributed by atoms with Gasteiger partial charge in [0.05, 0.1) is 16.9 Å². The highest BCUT2D eigenvalue weighted by Gasteiger charge is 2.27. The molecule has 0 atom stereocenters. The van der Waals surface area contributed by atoms with Crippen molar-refractivity contribution in [2.45, 2.75) is 32.8 Å². The lowest BCUT2D eigenvalue weighted by Crippen LogP contribution is -2.18. The predicted molar refractivity (Wildman–Crippen MR) is 134 cm³/mol. The second-order valence-electron chi connectivity index (χ2n) is 8.18. The van der Waals surface area contributed by atoms with E-state index in [-0.39, 0.29) is 24.9 Å². The molecule has 10 heteroatoms. The fourth-order valence-corrected chi connectivity index (χ4v) is 4.71. The summed E-state index contributed by atoms with van der Waals surface area (Å²) in [5, 5.41) is 15.7. The molecule has 1 aliphatic rings. The average Bonchev–Trinajstić information content (AvgIpc) is 3.44. The first-order valence-corrected chi connectivity index (χ1v) is 12.1. The third-order valence-electron chi connectivity index (χ3n) is 5.57. The number of hydrogen-bond acceptors (Lipinski definition) is 8. The Bertz CT molecular complexity index is 1360. The molecule has 0 radical (unpaired) electrons. The number of carbonyl (C=O) groups excluding carboxylic acids is 2. The number of para-hydroxylation sites is 1. The molecule has 3 heterocycles. The molecular formula is C25H24N6O3S. The molecule has 3 N–H and O–H groups in total. The molecule has 0 unspecified atom stereocenters. The molecule has 1 aliphatic carbocycles. The summed E-state index contributed by atoms with van der Waals surface area (Å²) in [6, 6.07) is 13.4. The highest BCUT2D eigenvalue weighted by molar-refractivity contribution is 7.11. The number of ketones is 1. The molecule has 3 aromatic heterocycles. The molecule has 0 saturated heterocycles. The van der Waals surface area contributed by atoms with Crippen LogP contribution in [0, 0.1) is 6.92 Å². The monoisotopic (exact) mass is 488 g/mol. The van der Waals surface area contributed by atoms with Crippen molar-refractivity contribution in [3.63, 3.8) is 0 Å². The third kappa shape index (κ3) is 5.28. The molecule has 178 valence electrons. The minimum absolute atomic E-state index is 0.123. The molecule has 35 heavy (non-hydrogen) atoms. The fraction of sp³-hybridized carbons (Fsp3) is 0.240. The third-order valence-corrected chi connectivity index (χ3v) is 6.39. The van der Waals surface area contributed by atoms with E-state index in [2.05, 4.69) is 30.8 Å².